The van der Waals surface area contributed by atoms with Gasteiger partial charge in [-0.25, -0.2) is 4.79 Å². The van der Waals surface area contributed by atoms with Crippen LogP contribution in [-0.2, 0) is 9.53 Å². The van der Waals surface area contributed by atoms with E-state index in [2.05, 4.69) is 18.7 Å². The van der Waals surface area contributed by atoms with Crippen molar-refractivity contribution in [2.24, 2.45) is 0 Å². The van der Waals surface area contributed by atoms with Crippen LogP contribution in [-0.4, -0.2) is 12.1 Å². The van der Waals surface area contributed by atoms with Crippen LogP contribution in [0.4, 0.5) is 0 Å². The quantitative estimate of drug-likeness (QED) is 0.469. The third-order valence-electron chi connectivity index (χ3n) is 2.55. The highest BCUT2D eigenvalue weighted by Crippen LogP contribution is 2.32. The molecule has 0 aliphatic carbocycles. The van der Waals surface area contributed by atoms with Crippen LogP contribution in [0.1, 0.15) is 13.8 Å². The van der Waals surface area contributed by atoms with Crippen LogP contribution in [0.25, 0.3) is 10.8 Å². The number of esters is 1. The fourth-order valence-electron chi connectivity index (χ4n) is 1.74. The first kappa shape index (κ1) is 13.7. The Hall–Kier alpha value is -1.74. The SMILES string of the molecule is C=C(Sc1cccc2ccccc12)C(=O)OC(C)C. The molecule has 0 saturated heterocycles. The van der Waals surface area contributed by atoms with Gasteiger partial charge in [0.15, 0.2) is 0 Å². The maximum absolute atomic E-state index is 11.8. The van der Waals surface area contributed by atoms with Crippen molar-refractivity contribution in [3.8, 4) is 0 Å². The second-order valence-electron chi connectivity index (χ2n) is 4.46. The molecule has 0 atom stereocenters. The molecule has 2 nitrogen and oxygen atoms in total. The first-order chi connectivity index (χ1) is 9.08. The van der Waals surface area contributed by atoms with Crippen molar-refractivity contribution in [2.75, 3.05) is 0 Å². The maximum atomic E-state index is 11.8. The van der Waals surface area contributed by atoms with E-state index in [-0.39, 0.29) is 12.1 Å². The molecule has 0 saturated carbocycles. The summed E-state index contributed by atoms with van der Waals surface area (Å²) in [5.74, 6) is -0.354. The van der Waals surface area contributed by atoms with Crippen LogP contribution in [0.2, 0.25) is 0 Å². The van der Waals surface area contributed by atoms with Crippen molar-refractivity contribution < 1.29 is 9.53 Å². The number of fused-ring (bicyclic) bond motifs is 1. The van der Waals surface area contributed by atoms with E-state index in [0.29, 0.717) is 4.91 Å². The number of thioether (sulfide) groups is 1. The molecular formula is C16H16O2S. The average Bonchev–Trinajstić information content (AvgIpc) is 2.38. The molecule has 0 amide bonds. The van der Waals surface area contributed by atoms with Crippen LogP contribution in [0.5, 0.6) is 0 Å². The van der Waals surface area contributed by atoms with E-state index in [1.807, 2.05) is 44.2 Å². The van der Waals surface area contributed by atoms with Crippen LogP contribution in [0.3, 0.4) is 0 Å². The number of rotatable bonds is 4. The highest BCUT2D eigenvalue weighted by molar-refractivity contribution is 8.04. The lowest BCUT2D eigenvalue weighted by molar-refractivity contribution is -0.141. The van der Waals surface area contributed by atoms with Gasteiger partial charge in [-0.1, -0.05) is 54.7 Å². The minimum Gasteiger partial charge on any atom is -0.459 e. The summed E-state index contributed by atoms with van der Waals surface area (Å²) in [5, 5.41) is 2.27. The Kier molecular flexibility index (Phi) is 4.27. The average molecular weight is 272 g/mol. The van der Waals surface area contributed by atoms with Gasteiger partial charge in [-0.2, -0.15) is 0 Å². The Morgan fingerprint density at radius 3 is 2.58 bits per heavy atom. The van der Waals surface area contributed by atoms with Gasteiger partial charge in [0.2, 0.25) is 0 Å². The summed E-state index contributed by atoms with van der Waals surface area (Å²) in [5.41, 5.74) is 0. The van der Waals surface area contributed by atoms with Gasteiger partial charge >= 0.3 is 5.97 Å². The normalized spacial score (nSPS) is 10.7. The molecule has 2 aromatic carbocycles. The van der Waals surface area contributed by atoms with Gasteiger partial charge in [-0.15, -0.1) is 0 Å². The summed E-state index contributed by atoms with van der Waals surface area (Å²) < 4.78 is 5.14. The molecule has 2 aromatic rings. The fraction of sp³-hybridized carbons (Fsp3) is 0.188. The smallest absolute Gasteiger partial charge is 0.344 e. The largest absolute Gasteiger partial charge is 0.459 e. The second-order valence-corrected chi connectivity index (χ2v) is 5.59. The molecule has 3 heteroatoms. The molecule has 98 valence electrons. The summed E-state index contributed by atoms with van der Waals surface area (Å²) in [6.45, 7) is 7.45. The summed E-state index contributed by atoms with van der Waals surface area (Å²) >= 11 is 1.35. The number of ether oxygens (including phenoxy) is 1. The number of benzene rings is 2. The lowest BCUT2D eigenvalue weighted by Gasteiger charge is -2.10. The van der Waals surface area contributed by atoms with Crippen molar-refractivity contribution in [3.63, 3.8) is 0 Å². The summed E-state index contributed by atoms with van der Waals surface area (Å²) in [7, 11) is 0. The topological polar surface area (TPSA) is 26.3 Å². The van der Waals surface area contributed by atoms with E-state index >= 15 is 0 Å². The summed E-state index contributed by atoms with van der Waals surface area (Å²) in [6, 6.07) is 14.1. The molecule has 0 fully saturated rings. The Morgan fingerprint density at radius 2 is 1.84 bits per heavy atom. The van der Waals surface area contributed by atoms with Crippen molar-refractivity contribution >= 4 is 28.5 Å². The maximum Gasteiger partial charge on any atom is 0.344 e. The molecule has 2 rings (SSSR count). The van der Waals surface area contributed by atoms with Crippen LogP contribution >= 0.6 is 11.8 Å². The van der Waals surface area contributed by atoms with Crippen LogP contribution in [0, 0.1) is 0 Å². The Balaban J connectivity index is 2.22. The van der Waals surface area contributed by atoms with Crippen molar-refractivity contribution in [2.45, 2.75) is 24.8 Å². The predicted molar refractivity (Wildman–Crippen MR) is 80.2 cm³/mol. The first-order valence-corrected chi connectivity index (χ1v) is 6.95. The van der Waals surface area contributed by atoms with Crippen molar-refractivity contribution in [3.05, 3.63) is 53.9 Å². The van der Waals surface area contributed by atoms with E-state index in [1.54, 1.807) is 0 Å². The monoisotopic (exact) mass is 272 g/mol. The molecule has 0 bridgehead atoms. The molecular weight excluding hydrogens is 256 g/mol. The predicted octanol–water partition coefficient (Wildman–Crippen LogP) is 4.40. The van der Waals surface area contributed by atoms with E-state index in [9.17, 15) is 4.79 Å². The molecule has 0 aliphatic rings. The van der Waals surface area contributed by atoms with Gasteiger partial charge in [0.05, 0.1) is 11.0 Å². The van der Waals surface area contributed by atoms with Gasteiger partial charge in [0.1, 0.15) is 0 Å². The number of hydrogen-bond donors (Lipinski definition) is 0. The first-order valence-electron chi connectivity index (χ1n) is 6.13. The summed E-state index contributed by atoms with van der Waals surface area (Å²) in [4.78, 5) is 13.2. The molecule has 19 heavy (non-hydrogen) atoms. The van der Waals surface area contributed by atoms with Gasteiger partial charge in [-0.05, 0) is 30.7 Å². The van der Waals surface area contributed by atoms with E-state index in [4.69, 9.17) is 4.74 Å². The van der Waals surface area contributed by atoms with Gasteiger partial charge in [0, 0.05) is 4.90 Å². The number of hydrogen-bond acceptors (Lipinski definition) is 3. The van der Waals surface area contributed by atoms with Crippen LogP contribution in [0.15, 0.2) is 58.8 Å². The van der Waals surface area contributed by atoms with Gasteiger partial charge in [-0.3, -0.25) is 0 Å². The molecule has 0 spiro atoms. The standard InChI is InChI=1S/C16H16O2S/c1-11(2)18-16(17)12(3)19-15-10-6-8-13-7-4-5-9-14(13)15/h4-11H,3H2,1-2H3. The zero-order chi connectivity index (χ0) is 13.8. The van der Waals surface area contributed by atoms with Crippen molar-refractivity contribution in [1.82, 2.24) is 0 Å². The molecule has 0 radical (unpaired) electrons. The van der Waals surface area contributed by atoms with Crippen LogP contribution < -0.4 is 0 Å². The molecule has 0 N–H and O–H groups in total. The Bertz CT molecular complexity index is 612. The Morgan fingerprint density at radius 1 is 1.16 bits per heavy atom. The minimum atomic E-state index is -0.354. The van der Waals surface area contributed by atoms with Crippen molar-refractivity contribution in [1.29, 1.82) is 0 Å². The van der Waals surface area contributed by atoms with E-state index in [0.717, 1.165) is 15.7 Å². The van der Waals surface area contributed by atoms with Gasteiger partial charge in [0.25, 0.3) is 0 Å². The zero-order valence-corrected chi connectivity index (χ0v) is 11.9. The van der Waals surface area contributed by atoms with E-state index < -0.39 is 0 Å². The zero-order valence-electron chi connectivity index (χ0n) is 11.1. The summed E-state index contributed by atoms with van der Waals surface area (Å²) in [6.07, 6.45) is -0.127. The number of carbonyl (C=O) groups excluding carboxylic acids is 1. The molecule has 0 aromatic heterocycles. The number of carbonyl (C=O) groups is 1. The highest BCUT2D eigenvalue weighted by Gasteiger charge is 2.13. The molecule has 0 aliphatic heterocycles. The molecule has 0 unspecified atom stereocenters. The second kappa shape index (κ2) is 5.93. The minimum absolute atomic E-state index is 0.127. The van der Waals surface area contributed by atoms with Gasteiger partial charge < -0.3 is 4.74 Å². The molecule has 0 heterocycles. The fourth-order valence-corrected chi connectivity index (χ4v) is 2.58. The highest BCUT2D eigenvalue weighted by atomic mass is 32.2. The van der Waals surface area contributed by atoms with E-state index in [1.165, 1.54) is 11.8 Å². The lowest BCUT2D eigenvalue weighted by Crippen LogP contribution is -2.11. The lowest BCUT2D eigenvalue weighted by atomic mass is 10.1. The third kappa shape index (κ3) is 3.38. The Labute approximate surface area is 117 Å². The third-order valence-corrected chi connectivity index (χ3v) is 3.54.